The summed E-state index contributed by atoms with van der Waals surface area (Å²) in [4.78, 5) is 12.4. The van der Waals surface area contributed by atoms with Crippen LogP contribution in [0, 0.1) is 0 Å². The van der Waals surface area contributed by atoms with Crippen molar-refractivity contribution in [3.8, 4) is 17.1 Å². The number of furan rings is 1. The van der Waals surface area contributed by atoms with E-state index in [1.54, 1.807) is 48.5 Å². The van der Waals surface area contributed by atoms with E-state index < -0.39 is 5.91 Å². The second kappa shape index (κ2) is 7.40. The van der Waals surface area contributed by atoms with Crippen LogP contribution in [0.15, 0.2) is 52.9 Å². The third-order valence-electron chi connectivity index (χ3n) is 3.46. The monoisotopic (exact) mass is 395 g/mol. The van der Waals surface area contributed by atoms with Crippen LogP contribution in [0.2, 0.25) is 15.1 Å². The maximum atomic E-state index is 12.4. The van der Waals surface area contributed by atoms with Gasteiger partial charge in [0.2, 0.25) is 0 Å². The molecule has 1 N–H and O–H groups in total. The van der Waals surface area contributed by atoms with Crippen molar-refractivity contribution < 1.29 is 13.9 Å². The SMILES string of the molecule is COc1ccc(Cl)cc1NC(=O)c1ccc(-c2cccc(Cl)c2Cl)o1. The van der Waals surface area contributed by atoms with Gasteiger partial charge in [0.25, 0.3) is 5.91 Å². The molecule has 3 rings (SSSR count). The average Bonchev–Trinajstić information content (AvgIpc) is 3.07. The summed E-state index contributed by atoms with van der Waals surface area (Å²) in [6.07, 6.45) is 0. The number of carbonyl (C=O) groups is 1. The number of hydrogen-bond donors (Lipinski definition) is 1. The van der Waals surface area contributed by atoms with E-state index in [4.69, 9.17) is 44.0 Å². The molecule has 1 aromatic heterocycles. The van der Waals surface area contributed by atoms with E-state index in [1.165, 1.54) is 7.11 Å². The third kappa shape index (κ3) is 3.76. The maximum Gasteiger partial charge on any atom is 0.291 e. The van der Waals surface area contributed by atoms with Gasteiger partial charge in [0.15, 0.2) is 5.76 Å². The molecule has 25 heavy (non-hydrogen) atoms. The molecule has 7 heteroatoms. The van der Waals surface area contributed by atoms with E-state index in [2.05, 4.69) is 5.32 Å². The second-order valence-electron chi connectivity index (χ2n) is 5.06. The van der Waals surface area contributed by atoms with Crippen LogP contribution < -0.4 is 10.1 Å². The minimum absolute atomic E-state index is 0.119. The molecule has 1 heterocycles. The lowest BCUT2D eigenvalue weighted by molar-refractivity contribution is 0.0997. The molecular weight excluding hydrogens is 385 g/mol. The van der Waals surface area contributed by atoms with Gasteiger partial charge in [-0.25, -0.2) is 0 Å². The van der Waals surface area contributed by atoms with Crippen LogP contribution in [0.5, 0.6) is 5.75 Å². The summed E-state index contributed by atoms with van der Waals surface area (Å²) in [5.74, 6) is 0.608. The summed E-state index contributed by atoms with van der Waals surface area (Å²) < 4.78 is 10.8. The molecule has 0 aliphatic carbocycles. The smallest absolute Gasteiger partial charge is 0.291 e. The highest BCUT2D eigenvalue weighted by atomic mass is 35.5. The number of methoxy groups -OCH3 is 1. The molecule has 0 aliphatic heterocycles. The number of carbonyl (C=O) groups excluding carboxylic acids is 1. The Labute approximate surface area is 159 Å². The Morgan fingerprint density at radius 1 is 1.08 bits per heavy atom. The van der Waals surface area contributed by atoms with Crippen molar-refractivity contribution in [3.05, 3.63) is 69.4 Å². The highest BCUT2D eigenvalue weighted by Gasteiger charge is 2.16. The van der Waals surface area contributed by atoms with E-state index in [0.29, 0.717) is 37.8 Å². The van der Waals surface area contributed by atoms with Crippen molar-refractivity contribution in [1.82, 2.24) is 0 Å². The molecule has 0 spiro atoms. The molecule has 128 valence electrons. The predicted molar refractivity (Wildman–Crippen MR) is 100 cm³/mol. The second-order valence-corrected chi connectivity index (χ2v) is 6.29. The van der Waals surface area contributed by atoms with Crippen molar-refractivity contribution in [2.45, 2.75) is 0 Å². The normalized spacial score (nSPS) is 10.6. The number of nitrogens with one attached hydrogen (secondary N) is 1. The summed E-state index contributed by atoms with van der Waals surface area (Å²) in [7, 11) is 1.50. The number of ether oxygens (including phenoxy) is 1. The molecule has 1 amide bonds. The first kappa shape index (κ1) is 17.7. The molecule has 0 atom stereocenters. The minimum Gasteiger partial charge on any atom is -0.495 e. The van der Waals surface area contributed by atoms with E-state index in [9.17, 15) is 4.79 Å². The van der Waals surface area contributed by atoms with Crippen LogP contribution in [-0.4, -0.2) is 13.0 Å². The fourth-order valence-corrected chi connectivity index (χ4v) is 2.83. The summed E-state index contributed by atoms with van der Waals surface area (Å²) in [6.45, 7) is 0. The van der Waals surface area contributed by atoms with Crippen LogP contribution in [0.25, 0.3) is 11.3 Å². The molecule has 0 fully saturated rings. The van der Waals surface area contributed by atoms with Crippen molar-refractivity contribution in [1.29, 1.82) is 0 Å². The average molecular weight is 397 g/mol. The van der Waals surface area contributed by atoms with Crippen molar-refractivity contribution in [2.24, 2.45) is 0 Å². The molecule has 0 unspecified atom stereocenters. The van der Waals surface area contributed by atoms with Crippen molar-refractivity contribution in [3.63, 3.8) is 0 Å². The van der Waals surface area contributed by atoms with Gasteiger partial charge >= 0.3 is 0 Å². The number of halogens is 3. The van der Waals surface area contributed by atoms with Gasteiger partial charge in [-0.1, -0.05) is 40.9 Å². The third-order valence-corrected chi connectivity index (χ3v) is 4.51. The lowest BCUT2D eigenvalue weighted by Crippen LogP contribution is -2.11. The minimum atomic E-state index is -0.440. The van der Waals surface area contributed by atoms with Gasteiger partial charge in [-0.3, -0.25) is 4.79 Å². The number of anilines is 1. The van der Waals surface area contributed by atoms with Gasteiger partial charge in [-0.2, -0.15) is 0 Å². The molecule has 0 bridgehead atoms. The Kier molecular flexibility index (Phi) is 5.23. The van der Waals surface area contributed by atoms with Gasteiger partial charge < -0.3 is 14.5 Å². The lowest BCUT2D eigenvalue weighted by Gasteiger charge is -2.09. The van der Waals surface area contributed by atoms with Gasteiger partial charge in [0.1, 0.15) is 11.5 Å². The fourth-order valence-electron chi connectivity index (χ4n) is 2.26. The van der Waals surface area contributed by atoms with Crippen LogP contribution >= 0.6 is 34.8 Å². The van der Waals surface area contributed by atoms with Crippen LogP contribution in [0.3, 0.4) is 0 Å². The van der Waals surface area contributed by atoms with E-state index in [-0.39, 0.29) is 5.76 Å². The van der Waals surface area contributed by atoms with Crippen molar-refractivity contribution >= 4 is 46.4 Å². The standard InChI is InChI=1S/C18H12Cl3NO3/c1-24-15-6-5-10(19)9-13(15)22-18(23)16-8-7-14(25-16)11-3-2-4-12(20)17(11)21/h2-9H,1H3,(H,22,23). The zero-order valence-corrected chi connectivity index (χ0v) is 15.2. The van der Waals surface area contributed by atoms with Gasteiger partial charge in [0.05, 0.1) is 22.8 Å². The summed E-state index contributed by atoms with van der Waals surface area (Å²) in [5, 5.41) is 3.95. The summed E-state index contributed by atoms with van der Waals surface area (Å²) in [6, 6.07) is 13.3. The molecule has 0 aliphatic rings. The highest BCUT2D eigenvalue weighted by molar-refractivity contribution is 6.43. The summed E-state index contributed by atoms with van der Waals surface area (Å²) in [5.41, 5.74) is 1.05. The quantitative estimate of drug-likeness (QED) is 0.574. The first-order valence-corrected chi connectivity index (χ1v) is 8.32. The molecule has 3 aromatic rings. The van der Waals surface area contributed by atoms with E-state index in [1.807, 2.05) is 0 Å². The molecule has 2 aromatic carbocycles. The Hall–Kier alpha value is -2.14. The van der Waals surface area contributed by atoms with Gasteiger partial charge in [-0.15, -0.1) is 0 Å². The van der Waals surface area contributed by atoms with Crippen LogP contribution in [0.1, 0.15) is 10.6 Å². The van der Waals surface area contributed by atoms with Gasteiger partial charge in [0, 0.05) is 10.6 Å². The highest BCUT2D eigenvalue weighted by Crippen LogP contribution is 2.34. The Bertz CT molecular complexity index is 937. The molecular formula is C18H12Cl3NO3. The topological polar surface area (TPSA) is 51.5 Å². The Morgan fingerprint density at radius 3 is 2.64 bits per heavy atom. The molecule has 0 saturated carbocycles. The number of hydrogen-bond acceptors (Lipinski definition) is 3. The number of rotatable bonds is 4. The molecule has 4 nitrogen and oxygen atoms in total. The first-order valence-electron chi connectivity index (χ1n) is 7.18. The Balaban J connectivity index is 1.86. The lowest BCUT2D eigenvalue weighted by atomic mass is 10.2. The number of amides is 1. The molecule has 0 radical (unpaired) electrons. The van der Waals surface area contributed by atoms with Crippen molar-refractivity contribution in [2.75, 3.05) is 12.4 Å². The zero-order valence-electron chi connectivity index (χ0n) is 13.0. The first-order chi connectivity index (χ1) is 12.0. The number of benzene rings is 2. The van der Waals surface area contributed by atoms with E-state index in [0.717, 1.165) is 0 Å². The van der Waals surface area contributed by atoms with E-state index >= 15 is 0 Å². The fraction of sp³-hybridized carbons (Fsp3) is 0.0556. The zero-order chi connectivity index (χ0) is 18.0. The maximum absolute atomic E-state index is 12.4. The Morgan fingerprint density at radius 2 is 1.88 bits per heavy atom. The van der Waals surface area contributed by atoms with Crippen LogP contribution in [-0.2, 0) is 0 Å². The largest absolute Gasteiger partial charge is 0.495 e. The predicted octanol–water partition coefficient (Wildman–Crippen LogP) is 6.17. The summed E-state index contributed by atoms with van der Waals surface area (Å²) >= 11 is 18.2. The molecule has 0 saturated heterocycles. The van der Waals surface area contributed by atoms with Crippen LogP contribution in [0.4, 0.5) is 5.69 Å². The van der Waals surface area contributed by atoms with Gasteiger partial charge in [-0.05, 0) is 42.5 Å².